The van der Waals surface area contributed by atoms with Crippen LogP contribution in [0.4, 0.5) is 0 Å². The van der Waals surface area contributed by atoms with Crippen LogP contribution < -0.4 is 10.6 Å². The molecule has 1 aliphatic rings. The minimum Gasteiger partial charge on any atom is -0.462 e. The van der Waals surface area contributed by atoms with Gasteiger partial charge in [-0.05, 0) is 20.8 Å². The second-order valence-corrected chi connectivity index (χ2v) is 5.55. The molecule has 0 fully saturated rings. The fourth-order valence-electron chi connectivity index (χ4n) is 1.52. The van der Waals surface area contributed by atoms with Gasteiger partial charge in [0.15, 0.2) is 0 Å². The van der Waals surface area contributed by atoms with Gasteiger partial charge in [0.25, 0.3) is 5.91 Å². The molecule has 1 heterocycles. The number of amides is 1. The second kappa shape index (κ2) is 7.44. The van der Waals surface area contributed by atoms with E-state index in [1.54, 1.807) is 20.8 Å². The molecule has 0 spiro atoms. The summed E-state index contributed by atoms with van der Waals surface area (Å²) in [5.41, 5.74) is -0.0226. The average Bonchev–Trinajstić information content (AvgIpc) is 2.33. The molecule has 0 saturated carbocycles. The summed E-state index contributed by atoms with van der Waals surface area (Å²) in [6.07, 6.45) is 3.71. The molecule has 1 rings (SSSR count). The van der Waals surface area contributed by atoms with Crippen molar-refractivity contribution in [3.05, 3.63) is 36.3 Å². The van der Waals surface area contributed by atoms with Gasteiger partial charge >= 0.3 is 11.9 Å². The highest BCUT2D eigenvalue weighted by atomic mass is 16.6. The summed E-state index contributed by atoms with van der Waals surface area (Å²) in [5.74, 6) is -1.19. The zero-order valence-electron chi connectivity index (χ0n) is 12.9. The third-order valence-corrected chi connectivity index (χ3v) is 2.27. The number of rotatable bonds is 5. The Morgan fingerprint density at radius 1 is 1.23 bits per heavy atom. The fraction of sp³-hybridized carbons (Fsp3) is 0.400. The van der Waals surface area contributed by atoms with Gasteiger partial charge in [-0.15, -0.1) is 0 Å². The Labute approximate surface area is 129 Å². The first kappa shape index (κ1) is 17.5. The quantitative estimate of drug-likeness (QED) is 0.579. The van der Waals surface area contributed by atoms with Crippen molar-refractivity contribution in [2.45, 2.75) is 32.8 Å². The Bertz CT molecular complexity index is 541. The molecule has 7 heteroatoms. The number of ether oxygens (including phenoxy) is 2. The first-order valence-electron chi connectivity index (χ1n) is 6.71. The van der Waals surface area contributed by atoms with E-state index >= 15 is 0 Å². The van der Waals surface area contributed by atoms with Gasteiger partial charge in [-0.1, -0.05) is 6.58 Å². The first-order chi connectivity index (χ1) is 10.2. The molecule has 0 aromatic heterocycles. The van der Waals surface area contributed by atoms with Gasteiger partial charge in [0.2, 0.25) is 0 Å². The van der Waals surface area contributed by atoms with Crippen LogP contribution in [-0.2, 0) is 23.9 Å². The number of carbonyl (C=O) groups excluding carboxylic acids is 3. The molecule has 0 bridgehead atoms. The van der Waals surface area contributed by atoms with Crippen molar-refractivity contribution in [3.63, 3.8) is 0 Å². The van der Waals surface area contributed by atoms with Crippen LogP contribution in [0.25, 0.3) is 0 Å². The molecule has 0 aromatic rings. The summed E-state index contributed by atoms with van der Waals surface area (Å²) in [6, 6.07) is 0. The highest BCUT2D eigenvalue weighted by Gasteiger charge is 2.14. The molecule has 7 nitrogen and oxygen atoms in total. The Balaban J connectivity index is 2.33. The van der Waals surface area contributed by atoms with E-state index in [2.05, 4.69) is 17.2 Å². The molecular formula is C15H20N2O5. The maximum absolute atomic E-state index is 11.4. The standard InChI is InChI=1S/C15H20N2O5/c1-10-16-11(9-12(18)17-10)7-8-21-13(19)5-6-14(20)22-15(2,3)4/h5-6,9,16H,1,7-8H2,2-4H3,(H,17,18)/b6-5+. The van der Waals surface area contributed by atoms with Crippen molar-refractivity contribution in [1.29, 1.82) is 0 Å². The molecule has 0 aliphatic carbocycles. The van der Waals surface area contributed by atoms with Crippen molar-refractivity contribution < 1.29 is 23.9 Å². The van der Waals surface area contributed by atoms with Crippen molar-refractivity contribution in [1.82, 2.24) is 10.6 Å². The molecule has 0 atom stereocenters. The van der Waals surface area contributed by atoms with Crippen LogP contribution in [0.5, 0.6) is 0 Å². The largest absolute Gasteiger partial charge is 0.462 e. The number of esters is 2. The normalized spacial score (nSPS) is 15.0. The Hall–Kier alpha value is -2.57. The third-order valence-electron chi connectivity index (χ3n) is 2.27. The molecule has 1 aliphatic heterocycles. The zero-order valence-corrected chi connectivity index (χ0v) is 12.9. The lowest BCUT2D eigenvalue weighted by Gasteiger charge is -2.18. The van der Waals surface area contributed by atoms with Gasteiger partial charge in [0.05, 0.1) is 6.61 Å². The molecule has 0 aromatic carbocycles. The van der Waals surface area contributed by atoms with Gasteiger partial charge in [-0.25, -0.2) is 9.59 Å². The smallest absolute Gasteiger partial charge is 0.331 e. The van der Waals surface area contributed by atoms with Crippen LogP contribution in [-0.4, -0.2) is 30.1 Å². The highest BCUT2D eigenvalue weighted by molar-refractivity contribution is 5.92. The van der Waals surface area contributed by atoms with Crippen molar-refractivity contribution >= 4 is 17.8 Å². The van der Waals surface area contributed by atoms with Gasteiger partial charge in [0, 0.05) is 30.3 Å². The molecule has 1 amide bonds. The van der Waals surface area contributed by atoms with Gasteiger partial charge in [-0.3, -0.25) is 4.79 Å². The molecule has 2 N–H and O–H groups in total. The van der Waals surface area contributed by atoms with E-state index < -0.39 is 17.5 Å². The fourth-order valence-corrected chi connectivity index (χ4v) is 1.52. The lowest BCUT2D eigenvalue weighted by atomic mass is 10.2. The maximum atomic E-state index is 11.4. The van der Waals surface area contributed by atoms with E-state index in [4.69, 9.17) is 9.47 Å². The molecule has 0 radical (unpaired) electrons. The summed E-state index contributed by atoms with van der Waals surface area (Å²) < 4.78 is 9.92. The summed E-state index contributed by atoms with van der Waals surface area (Å²) in [6.45, 7) is 8.83. The Kier molecular flexibility index (Phi) is 5.91. The maximum Gasteiger partial charge on any atom is 0.331 e. The predicted molar refractivity (Wildman–Crippen MR) is 79.1 cm³/mol. The number of nitrogens with one attached hydrogen (secondary N) is 2. The third kappa shape index (κ3) is 7.28. The highest BCUT2D eigenvalue weighted by Crippen LogP contribution is 2.07. The van der Waals surface area contributed by atoms with Crippen molar-refractivity contribution in [2.75, 3.05) is 6.61 Å². The molecular weight excluding hydrogens is 288 g/mol. The molecule has 22 heavy (non-hydrogen) atoms. The summed E-state index contributed by atoms with van der Waals surface area (Å²) in [5, 5.41) is 5.32. The van der Waals surface area contributed by atoms with Crippen molar-refractivity contribution in [3.8, 4) is 0 Å². The van der Waals surface area contributed by atoms with Gasteiger partial charge in [-0.2, -0.15) is 0 Å². The summed E-state index contributed by atoms with van der Waals surface area (Å²) in [4.78, 5) is 34.0. The predicted octanol–water partition coefficient (Wildman–Crippen LogP) is 0.892. The zero-order chi connectivity index (χ0) is 16.8. The van der Waals surface area contributed by atoms with Crippen LogP contribution >= 0.6 is 0 Å². The lowest BCUT2D eigenvalue weighted by Crippen LogP contribution is -2.35. The van der Waals surface area contributed by atoms with E-state index in [-0.39, 0.29) is 12.5 Å². The molecule has 120 valence electrons. The topological polar surface area (TPSA) is 93.7 Å². The Morgan fingerprint density at radius 2 is 1.86 bits per heavy atom. The van der Waals surface area contributed by atoms with Crippen LogP contribution in [0, 0.1) is 0 Å². The summed E-state index contributed by atoms with van der Waals surface area (Å²) >= 11 is 0. The van der Waals surface area contributed by atoms with Crippen LogP contribution in [0.15, 0.2) is 36.3 Å². The van der Waals surface area contributed by atoms with Crippen LogP contribution in [0.2, 0.25) is 0 Å². The van der Waals surface area contributed by atoms with E-state index in [1.807, 2.05) is 0 Å². The minimum absolute atomic E-state index is 0.0664. The number of carbonyl (C=O) groups is 3. The van der Waals surface area contributed by atoms with E-state index in [0.29, 0.717) is 17.9 Å². The number of hydrogen-bond donors (Lipinski definition) is 2. The SMILES string of the molecule is C=C1NC(=O)C=C(CCOC(=O)/C=C/C(=O)OC(C)(C)C)N1. The minimum atomic E-state index is -0.662. The molecule has 0 unspecified atom stereocenters. The first-order valence-corrected chi connectivity index (χ1v) is 6.71. The van der Waals surface area contributed by atoms with Crippen LogP contribution in [0.3, 0.4) is 0 Å². The number of hydrogen-bond acceptors (Lipinski definition) is 6. The Morgan fingerprint density at radius 3 is 2.45 bits per heavy atom. The van der Waals surface area contributed by atoms with E-state index in [1.165, 1.54) is 6.08 Å². The average molecular weight is 308 g/mol. The van der Waals surface area contributed by atoms with Gasteiger partial charge in [0.1, 0.15) is 11.4 Å². The second-order valence-electron chi connectivity index (χ2n) is 5.55. The van der Waals surface area contributed by atoms with Gasteiger partial charge < -0.3 is 20.1 Å². The van der Waals surface area contributed by atoms with E-state index in [9.17, 15) is 14.4 Å². The van der Waals surface area contributed by atoms with E-state index in [0.717, 1.165) is 12.2 Å². The summed E-state index contributed by atoms with van der Waals surface area (Å²) in [7, 11) is 0. The monoisotopic (exact) mass is 308 g/mol. The lowest BCUT2D eigenvalue weighted by molar-refractivity contribution is -0.149. The van der Waals surface area contributed by atoms with Crippen LogP contribution in [0.1, 0.15) is 27.2 Å². The van der Waals surface area contributed by atoms with Crippen molar-refractivity contribution in [2.24, 2.45) is 0 Å². The molecule has 0 saturated heterocycles.